The normalized spacial score (nSPS) is 13.8. The summed E-state index contributed by atoms with van der Waals surface area (Å²) in [6, 6.07) is 0. The van der Waals surface area contributed by atoms with Crippen molar-refractivity contribution in [1.82, 2.24) is 0 Å². The Kier molecular flexibility index (Phi) is 1.77. The van der Waals surface area contributed by atoms with Crippen molar-refractivity contribution >= 4 is 17.3 Å². The van der Waals surface area contributed by atoms with Gasteiger partial charge in [-0.25, -0.2) is 4.79 Å². The molecule has 0 atom stereocenters. The first-order valence-corrected chi connectivity index (χ1v) is 4.52. The Hall–Kier alpha value is -1.03. The second kappa shape index (κ2) is 2.79. The van der Waals surface area contributed by atoms with Crippen LogP contribution >= 0.6 is 11.3 Å². The highest BCUT2D eigenvalue weighted by Crippen LogP contribution is 2.35. The maximum absolute atomic E-state index is 11.1. The molecule has 64 valence electrons. The van der Waals surface area contributed by atoms with Crippen molar-refractivity contribution in [2.45, 2.75) is 6.42 Å². The molecule has 0 spiro atoms. The third-order valence-corrected chi connectivity index (χ3v) is 2.80. The predicted octanol–water partition coefficient (Wildman–Crippen LogP) is 1.47. The Morgan fingerprint density at radius 1 is 1.75 bits per heavy atom. The molecular formula is C8H8O3S. The van der Waals surface area contributed by atoms with E-state index in [9.17, 15) is 4.79 Å². The molecule has 0 radical (unpaired) electrons. The van der Waals surface area contributed by atoms with Gasteiger partial charge in [0.2, 0.25) is 0 Å². The molecule has 1 aliphatic heterocycles. The fraction of sp³-hybridized carbons (Fsp3) is 0.375. The second-order valence-corrected chi connectivity index (χ2v) is 3.39. The van der Waals surface area contributed by atoms with Crippen molar-refractivity contribution in [1.29, 1.82) is 0 Å². The lowest BCUT2D eigenvalue weighted by atomic mass is 10.2. The van der Waals surface area contributed by atoms with Crippen LogP contribution in [0.15, 0.2) is 5.38 Å². The highest BCUT2D eigenvalue weighted by Gasteiger charge is 2.23. The number of rotatable bonds is 1. The van der Waals surface area contributed by atoms with Gasteiger partial charge in [0, 0.05) is 12.0 Å². The number of hydrogen-bond donors (Lipinski definition) is 0. The smallest absolute Gasteiger partial charge is 0.351 e. The van der Waals surface area contributed by atoms with Gasteiger partial charge in [-0.15, -0.1) is 11.3 Å². The summed E-state index contributed by atoms with van der Waals surface area (Å²) in [6.07, 6.45) is 0.906. The lowest BCUT2D eigenvalue weighted by Gasteiger charge is -1.98. The highest BCUT2D eigenvalue weighted by atomic mass is 32.1. The molecule has 0 unspecified atom stereocenters. The van der Waals surface area contributed by atoms with Crippen LogP contribution in [0.2, 0.25) is 0 Å². The number of esters is 1. The Labute approximate surface area is 73.9 Å². The van der Waals surface area contributed by atoms with E-state index >= 15 is 0 Å². The van der Waals surface area contributed by atoms with E-state index in [1.165, 1.54) is 18.4 Å². The van der Waals surface area contributed by atoms with E-state index in [1.54, 1.807) is 0 Å². The van der Waals surface area contributed by atoms with E-state index in [1.807, 2.05) is 5.38 Å². The predicted molar refractivity (Wildman–Crippen MR) is 44.9 cm³/mol. The molecule has 0 amide bonds. The van der Waals surface area contributed by atoms with Gasteiger partial charge in [-0.1, -0.05) is 0 Å². The van der Waals surface area contributed by atoms with Crippen LogP contribution < -0.4 is 4.74 Å². The molecule has 0 saturated heterocycles. The third-order valence-electron chi connectivity index (χ3n) is 1.81. The average Bonchev–Trinajstić information content (AvgIpc) is 2.62. The molecular weight excluding hydrogens is 176 g/mol. The van der Waals surface area contributed by atoms with Crippen LogP contribution in [0.4, 0.5) is 0 Å². The second-order valence-electron chi connectivity index (χ2n) is 2.51. The Morgan fingerprint density at radius 3 is 3.33 bits per heavy atom. The number of thiophene rings is 1. The van der Waals surface area contributed by atoms with E-state index in [-0.39, 0.29) is 5.97 Å². The average molecular weight is 184 g/mol. The minimum Gasteiger partial charge on any atom is -0.491 e. The summed E-state index contributed by atoms with van der Waals surface area (Å²) in [5.41, 5.74) is 1.13. The molecule has 0 aliphatic carbocycles. The molecule has 1 aromatic heterocycles. The Balaban J connectivity index is 2.39. The van der Waals surface area contributed by atoms with Gasteiger partial charge in [0.05, 0.1) is 13.7 Å². The fourth-order valence-electron chi connectivity index (χ4n) is 1.21. The Bertz CT molecular complexity index is 316. The SMILES string of the molecule is COC(=O)c1scc2c1OCC2. The van der Waals surface area contributed by atoms with Crippen LogP contribution in [0.25, 0.3) is 0 Å². The number of hydrogen-bond acceptors (Lipinski definition) is 4. The quantitative estimate of drug-likeness (QED) is 0.620. The molecule has 12 heavy (non-hydrogen) atoms. The maximum Gasteiger partial charge on any atom is 0.351 e. The summed E-state index contributed by atoms with van der Waals surface area (Å²) in [5, 5.41) is 1.95. The zero-order valence-corrected chi connectivity index (χ0v) is 7.44. The van der Waals surface area contributed by atoms with Gasteiger partial charge in [-0.3, -0.25) is 0 Å². The molecule has 1 aliphatic rings. The van der Waals surface area contributed by atoms with E-state index in [0.717, 1.165) is 17.7 Å². The van der Waals surface area contributed by atoms with Gasteiger partial charge in [0.1, 0.15) is 5.75 Å². The molecule has 2 rings (SSSR count). The molecule has 3 nitrogen and oxygen atoms in total. The van der Waals surface area contributed by atoms with Crippen LogP contribution in [0.3, 0.4) is 0 Å². The molecule has 0 fully saturated rings. The van der Waals surface area contributed by atoms with Crippen LogP contribution in [0.1, 0.15) is 15.2 Å². The maximum atomic E-state index is 11.1. The summed E-state index contributed by atoms with van der Waals surface area (Å²) in [4.78, 5) is 11.7. The van der Waals surface area contributed by atoms with Gasteiger partial charge in [-0.05, 0) is 5.38 Å². The number of methoxy groups -OCH3 is 1. The number of carbonyl (C=O) groups excluding carboxylic acids is 1. The number of fused-ring (bicyclic) bond motifs is 1. The van der Waals surface area contributed by atoms with Gasteiger partial charge in [-0.2, -0.15) is 0 Å². The van der Waals surface area contributed by atoms with Crippen molar-refractivity contribution in [3.8, 4) is 5.75 Å². The van der Waals surface area contributed by atoms with Crippen molar-refractivity contribution in [3.63, 3.8) is 0 Å². The van der Waals surface area contributed by atoms with E-state index in [0.29, 0.717) is 11.5 Å². The first-order chi connectivity index (χ1) is 5.83. The number of ether oxygens (including phenoxy) is 2. The van der Waals surface area contributed by atoms with Crippen molar-refractivity contribution in [2.75, 3.05) is 13.7 Å². The van der Waals surface area contributed by atoms with Gasteiger partial charge in [0.15, 0.2) is 4.88 Å². The molecule has 0 N–H and O–H groups in total. The van der Waals surface area contributed by atoms with Crippen molar-refractivity contribution in [2.24, 2.45) is 0 Å². The molecule has 0 saturated carbocycles. The third kappa shape index (κ3) is 0.992. The molecule has 4 heteroatoms. The van der Waals surface area contributed by atoms with Crippen molar-refractivity contribution < 1.29 is 14.3 Å². The van der Waals surface area contributed by atoms with Gasteiger partial charge in [0.25, 0.3) is 0 Å². The lowest BCUT2D eigenvalue weighted by Crippen LogP contribution is -2.00. The zero-order chi connectivity index (χ0) is 8.55. The number of carbonyl (C=O) groups is 1. The van der Waals surface area contributed by atoms with Crippen molar-refractivity contribution in [3.05, 3.63) is 15.8 Å². The lowest BCUT2D eigenvalue weighted by molar-refractivity contribution is 0.0603. The van der Waals surface area contributed by atoms with E-state index in [2.05, 4.69) is 4.74 Å². The minimum absolute atomic E-state index is 0.303. The van der Waals surface area contributed by atoms with Crippen LogP contribution in [-0.2, 0) is 11.2 Å². The minimum atomic E-state index is -0.303. The first kappa shape index (κ1) is 7.61. The van der Waals surface area contributed by atoms with Crippen LogP contribution in [0, 0.1) is 0 Å². The topological polar surface area (TPSA) is 35.5 Å². The monoisotopic (exact) mass is 184 g/mol. The summed E-state index contributed by atoms with van der Waals surface area (Å²) >= 11 is 1.39. The van der Waals surface area contributed by atoms with Gasteiger partial charge >= 0.3 is 5.97 Å². The van der Waals surface area contributed by atoms with Gasteiger partial charge < -0.3 is 9.47 Å². The summed E-state index contributed by atoms with van der Waals surface area (Å²) in [7, 11) is 1.38. The summed E-state index contributed by atoms with van der Waals surface area (Å²) < 4.78 is 9.91. The van der Waals surface area contributed by atoms with Crippen LogP contribution in [-0.4, -0.2) is 19.7 Å². The molecule has 1 aromatic rings. The molecule has 2 heterocycles. The summed E-state index contributed by atoms with van der Waals surface area (Å²) in [6.45, 7) is 0.683. The summed E-state index contributed by atoms with van der Waals surface area (Å²) in [5.74, 6) is 0.426. The molecule has 0 bridgehead atoms. The molecule has 0 aromatic carbocycles. The highest BCUT2D eigenvalue weighted by molar-refractivity contribution is 7.12. The zero-order valence-electron chi connectivity index (χ0n) is 6.62. The largest absolute Gasteiger partial charge is 0.491 e. The Morgan fingerprint density at radius 2 is 2.58 bits per heavy atom. The fourth-order valence-corrected chi connectivity index (χ4v) is 2.17. The van der Waals surface area contributed by atoms with E-state index in [4.69, 9.17) is 4.74 Å². The van der Waals surface area contributed by atoms with Crippen LogP contribution in [0.5, 0.6) is 5.75 Å². The standard InChI is InChI=1S/C8H8O3S/c1-10-8(9)7-6-5(4-12-7)2-3-11-6/h4H,2-3H2,1H3. The first-order valence-electron chi connectivity index (χ1n) is 3.64. The van der Waals surface area contributed by atoms with E-state index < -0.39 is 0 Å².